The Kier molecular flexibility index (Phi) is 5.15. The molecule has 0 atom stereocenters. The molecular formula is C21H19Cl2N3O2. The van der Waals surface area contributed by atoms with E-state index in [0.29, 0.717) is 40.1 Å². The van der Waals surface area contributed by atoms with Gasteiger partial charge < -0.3 is 9.80 Å². The Hall–Kier alpha value is -2.34. The number of likely N-dealkylation sites (N-methyl/N-ethyl adjacent to an activating group) is 1. The number of rotatable bonds is 3. The molecule has 0 spiro atoms. The van der Waals surface area contributed by atoms with Gasteiger partial charge in [-0.1, -0.05) is 53.5 Å². The molecule has 1 fully saturated rings. The Morgan fingerprint density at radius 1 is 0.857 bits per heavy atom. The van der Waals surface area contributed by atoms with Crippen molar-refractivity contribution in [2.45, 2.75) is 0 Å². The van der Waals surface area contributed by atoms with Crippen molar-refractivity contribution in [2.24, 2.45) is 0 Å². The Labute approximate surface area is 173 Å². The molecule has 2 heterocycles. The molecule has 2 aliphatic heterocycles. The number of benzene rings is 2. The lowest BCUT2D eigenvalue weighted by atomic mass is 10.0. The minimum Gasteiger partial charge on any atom is -0.364 e. The molecular weight excluding hydrogens is 397 g/mol. The third kappa shape index (κ3) is 3.30. The number of carbonyl (C=O) groups is 2. The van der Waals surface area contributed by atoms with E-state index in [1.807, 2.05) is 42.3 Å². The third-order valence-corrected chi connectivity index (χ3v) is 5.65. The maximum absolute atomic E-state index is 13.4. The minimum absolute atomic E-state index is 0.304. The van der Waals surface area contributed by atoms with E-state index < -0.39 is 0 Å². The van der Waals surface area contributed by atoms with Crippen LogP contribution >= 0.6 is 23.2 Å². The van der Waals surface area contributed by atoms with Crippen molar-refractivity contribution >= 4 is 46.3 Å². The van der Waals surface area contributed by atoms with Gasteiger partial charge in [0.25, 0.3) is 11.8 Å². The van der Waals surface area contributed by atoms with Gasteiger partial charge in [-0.25, -0.2) is 4.90 Å². The SMILES string of the molecule is CN1CCN(C2=C(c3ccccc3)C(=O)N(c3cc(Cl)ccc3Cl)C2=O)CC1. The van der Waals surface area contributed by atoms with Gasteiger partial charge in [0.05, 0.1) is 16.3 Å². The Morgan fingerprint density at radius 3 is 2.21 bits per heavy atom. The Balaban J connectivity index is 1.83. The van der Waals surface area contributed by atoms with Crippen LogP contribution in [-0.4, -0.2) is 54.8 Å². The van der Waals surface area contributed by atoms with Gasteiger partial charge in [-0.2, -0.15) is 0 Å². The quantitative estimate of drug-likeness (QED) is 0.719. The number of piperazine rings is 1. The average molecular weight is 416 g/mol. The normalized spacial score (nSPS) is 18.4. The lowest BCUT2D eigenvalue weighted by Crippen LogP contribution is -2.46. The van der Waals surface area contributed by atoms with Crippen molar-refractivity contribution in [1.29, 1.82) is 0 Å². The van der Waals surface area contributed by atoms with Crippen molar-refractivity contribution in [2.75, 3.05) is 38.1 Å². The standard InChI is InChI=1S/C21H19Cl2N3O2/c1-24-9-11-25(12-10-24)19-18(14-5-3-2-4-6-14)20(27)26(21(19)28)17-13-15(22)7-8-16(17)23/h2-8,13H,9-12H2,1H3. The first kappa shape index (κ1) is 19.0. The molecule has 7 heteroatoms. The van der Waals surface area contributed by atoms with Gasteiger partial charge in [0, 0.05) is 31.2 Å². The van der Waals surface area contributed by atoms with Crippen LogP contribution in [0.15, 0.2) is 54.2 Å². The van der Waals surface area contributed by atoms with Crippen LogP contribution in [0.4, 0.5) is 5.69 Å². The molecule has 0 radical (unpaired) electrons. The van der Waals surface area contributed by atoms with E-state index in [-0.39, 0.29) is 11.8 Å². The second-order valence-electron chi connectivity index (χ2n) is 6.92. The van der Waals surface area contributed by atoms with E-state index in [1.165, 1.54) is 0 Å². The zero-order valence-corrected chi connectivity index (χ0v) is 16.9. The third-order valence-electron chi connectivity index (χ3n) is 5.09. The summed E-state index contributed by atoms with van der Waals surface area (Å²) < 4.78 is 0. The van der Waals surface area contributed by atoms with Gasteiger partial charge in [0.1, 0.15) is 5.70 Å². The molecule has 0 aliphatic carbocycles. The highest BCUT2D eigenvalue weighted by Crippen LogP contribution is 2.38. The summed E-state index contributed by atoms with van der Waals surface area (Å²) in [7, 11) is 2.05. The first-order valence-electron chi connectivity index (χ1n) is 9.04. The molecule has 0 unspecified atom stereocenters. The highest BCUT2D eigenvalue weighted by molar-refractivity contribution is 6.47. The molecule has 28 heavy (non-hydrogen) atoms. The summed E-state index contributed by atoms with van der Waals surface area (Å²) in [4.78, 5) is 32.2. The fourth-order valence-electron chi connectivity index (χ4n) is 3.58. The van der Waals surface area contributed by atoms with Crippen molar-refractivity contribution in [1.82, 2.24) is 9.80 Å². The van der Waals surface area contributed by atoms with Crippen molar-refractivity contribution in [3.8, 4) is 0 Å². The van der Waals surface area contributed by atoms with Crippen LogP contribution in [0.1, 0.15) is 5.56 Å². The largest absolute Gasteiger partial charge is 0.364 e. The van der Waals surface area contributed by atoms with Crippen LogP contribution in [0, 0.1) is 0 Å². The van der Waals surface area contributed by atoms with Crippen LogP contribution in [0.25, 0.3) is 5.57 Å². The molecule has 0 saturated carbocycles. The minimum atomic E-state index is -0.380. The summed E-state index contributed by atoms with van der Waals surface area (Å²) in [6.07, 6.45) is 0. The maximum Gasteiger partial charge on any atom is 0.282 e. The summed E-state index contributed by atoms with van der Waals surface area (Å²) in [6.45, 7) is 3.01. The zero-order chi connectivity index (χ0) is 19.8. The number of hydrogen-bond donors (Lipinski definition) is 0. The molecule has 144 valence electrons. The van der Waals surface area contributed by atoms with Gasteiger partial charge in [0.15, 0.2) is 0 Å². The van der Waals surface area contributed by atoms with Crippen LogP contribution < -0.4 is 4.90 Å². The number of halogens is 2. The van der Waals surface area contributed by atoms with E-state index in [9.17, 15) is 9.59 Å². The first-order valence-corrected chi connectivity index (χ1v) is 9.80. The van der Waals surface area contributed by atoms with Crippen LogP contribution in [0.3, 0.4) is 0 Å². The van der Waals surface area contributed by atoms with Gasteiger partial charge in [-0.15, -0.1) is 0 Å². The van der Waals surface area contributed by atoms with Gasteiger partial charge in [0.2, 0.25) is 0 Å². The summed E-state index contributed by atoms with van der Waals surface area (Å²) in [5, 5.41) is 0.715. The predicted octanol–water partition coefficient (Wildman–Crippen LogP) is 3.53. The van der Waals surface area contributed by atoms with Crippen molar-refractivity contribution < 1.29 is 9.59 Å². The molecule has 2 aromatic carbocycles. The van der Waals surface area contributed by atoms with E-state index in [0.717, 1.165) is 23.6 Å². The molecule has 5 nitrogen and oxygen atoms in total. The Morgan fingerprint density at radius 2 is 1.54 bits per heavy atom. The van der Waals surface area contributed by atoms with E-state index >= 15 is 0 Å². The number of imide groups is 1. The zero-order valence-electron chi connectivity index (χ0n) is 15.4. The summed E-state index contributed by atoms with van der Waals surface area (Å²) in [5.74, 6) is -0.744. The van der Waals surface area contributed by atoms with Crippen molar-refractivity contribution in [3.05, 3.63) is 69.8 Å². The van der Waals surface area contributed by atoms with E-state index in [2.05, 4.69) is 4.90 Å². The Bertz CT molecular complexity index is 967. The fourth-order valence-corrected chi connectivity index (χ4v) is 3.95. The molecule has 4 rings (SSSR count). The van der Waals surface area contributed by atoms with Crippen LogP contribution in [0.2, 0.25) is 10.0 Å². The fraction of sp³-hybridized carbons (Fsp3) is 0.238. The monoisotopic (exact) mass is 415 g/mol. The molecule has 2 aliphatic rings. The highest BCUT2D eigenvalue weighted by atomic mass is 35.5. The van der Waals surface area contributed by atoms with Gasteiger partial charge in [-0.3, -0.25) is 9.59 Å². The van der Waals surface area contributed by atoms with Gasteiger partial charge in [-0.05, 0) is 30.8 Å². The average Bonchev–Trinajstić information content (AvgIpc) is 2.95. The molecule has 0 bridgehead atoms. The molecule has 2 aromatic rings. The van der Waals surface area contributed by atoms with E-state index in [4.69, 9.17) is 23.2 Å². The second kappa shape index (κ2) is 7.59. The molecule has 1 saturated heterocycles. The number of nitrogens with zero attached hydrogens (tertiary/aromatic N) is 3. The number of amides is 2. The smallest absolute Gasteiger partial charge is 0.282 e. The lowest BCUT2D eigenvalue weighted by molar-refractivity contribution is -0.120. The molecule has 0 N–H and O–H groups in total. The maximum atomic E-state index is 13.4. The van der Waals surface area contributed by atoms with E-state index in [1.54, 1.807) is 18.2 Å². The van der Waals surface area contributed by atoms with Crippen LogP contribution in [0.5, 0.6) is 0 Å². The number of hydrogen-bond acceptors (Lipinski definition) is 4. The predicted molar refractivity (Wildman–Crippen MR) is 111 cm³/mol. The summed E-state index contributed by atoms with van der Waals surface area (Å²) in [5.41, 5.74) is 1.86. The number of anilines is 1. The molecule has 0 aromatic heterocycles. The van der Waals surface area contributed by atoms with Crippen LogP contribution in [-0.2, 0) is 9.59 Å². The highest BCUT2D eigenvalue weighted by Gasteiger charge is 2.43. The lowest BCUT2D eigenvalue weighted by Gasteiger charge is -2.34. The first-order chi connectivity index (χ1) is 13.5. The van der Waals surface area contributed by atoms with Gasteiger partial charge >= 0.3 is 0 Å². The molecule has 2 amide bonds. The van der Waals surface area contributed by atoms with Crippen molar-refractivity contribution in [3.63, 3.8) is 0 Å². The summed E-state index contributed by atoms with van der Waals surface area (Å²) in [6, 6.07) is 14.1. The summed E-state index contributed by atoms with van der Waals surface area (Å²) >= 11 is 12.4. The second-order valence-corrected chi connectivity index (χ2v) is 7.77. The topological polar surface area (TPSA) is 43.9 Å². The number of carbonyl (C=O) groups excluding carboxylic acids is 2.